The molecular weight excluding hydrogens is 318 g/mol. The van der Waals surface area contributed by atoms with Crippen LogP contribution in [0, 0.1) is 0 Å². The fourth-order valence-corrected chi connectivity index (χ4v) is 3.90. The molecule has 0 bridgehead atoms. The summed E-state index contributed by atoms with van der Waals surface area (Å²) in [6, 6.07) is 8.87. The minimum atomic E-state index is -0.567. The number of carbonyl (C=O) groups is 2. The van der Waals surface area contributed by atoms with Gasteiger partial charge in [-0.1, -0.05) is 12.1 Å². The minimum Gasteiger partial charge on any atom is -0.481 e. The zero-order chi connectivity index (χ0) is 17.2. The summed E-state index contributed by atoms with van der Waals surface area (Å²) < 4.78 is 5.75. The largest absolute Gasteiger partial charge is 0.481 e. The van der Waals surface area contributed by atoms with E-state index in [9.17, 15) is 9.59 Å². The van der Waals surface area contributed by atoms with Crippen LogP contribution in [0.1, 0.15) is 37.2 Å². The molecule has 134 valence electrons. The molecule has 1 aromatic rings. The van der Waals surface area contributed by atoms with Gasteiger partial charge in [0.05, 0.1) is 0 Å². The van der Waals surface area contributed by atoms with Gasteiger partial charge in [-0.15, -0.1) is 0 Å². The molecule has 1 unspecified atom stereocenters. The van der Waals surface area contributed by atoms with Gasteiger partial charge in [0.25, 0.3) is 5.91 Å². The Hall–Kier alpha value is -1.92. The molecule has 2 N–H and O–H groups in total. The van der Waals surface area contributed by atoms with Crippen molar-refractivity contribution in [2.24, 2.45) is 0 Å². The Labute approximate surface area is 147 Å². The maximum absolute atomic E-state index is 11.8. The Balaban J connectivity index is 1.31. The molecule has 3 heterocycles. The Morgan fingerprint density at radius 3 is 2.32 bits per heavy atom. The van der Waals surface area contributed by atoms with E-state index in [0.717, 1.165) is 19.1 Å². The monoisotopic (exact) mass is 343 g/mol. The fourth-order valence-electron chi connectivity index (χ4n) is 3.90. The van der Waals surface area contributed by atoms with Crippen molar-refractivity contribution in [2.45, 2.75) is 43.7 Å². The summed E-state index contributed by atoms with van der Waals surface area (Å²) in [6.07, 6.45) is 2.61. The predicted octanol–water partition coefficient (Wildman–Crippen LogP) is 1.02. The van der Waals surface area contributed by atoms with Crippen LogP contribution in [-0.4, -0.2) is 55.0 Å². The van der Waals surface area contributed by atoms with Crippen LogP contribution in [0.15, 0.2) is 24.3 Å². The molecule has 1 atom stereocenters. The van der Waals surface area contributed by atoms with E-state index in [1.54, 1.807) is 0 Å². The molecule has 6 nitrogen and oxygen atoms in total. The van der Waals surface area contributed by atoms with Crippen molar-refractivity contribution in [2.75, 3.05) is 26.2 Å². The van der Waals surface area contributed by atoms with Crippen molar-refractivity contribution in [3.8, 4) is 5.75 Å². The van der Waals surface area contributed by atoms with Crippen LogP contribution in [0.5, 0.6) is 5.75 Å². The van der Waals surface area contributed by atoms with Crippen LogP contribution < -0.4 is 15.4 Å². The Morgan fingerprint density at radius 1 is 1.00 bits per heavy atom. The minimum absolute atomic E-state index is 0.218. The number of ether oxygens (including phenoxy) is 1. The average Bonchev–Trinajstić information content (AvgIpc) is 2.57. The highest BCUT2D eigenvalue weighted by atomic mass is 16.5. The molecule has 1 aromatic carbocycles. The Morgan fingerprint density at radius 2 is 1.72 bits per heavy atom. The van der Waals surface area contributed by atoms with Crippen molar-refractivity contribution < 1.29 is 14.3 Å². The molecule has 0 aromatic heterocycles. The summed E-state index contributed by atoms with van der Waals surface area (Å²) in [5, 5.41) is 5.67. The van der Waals surface area contributed by atoms with Crippen LogP contribution in [-0.2, 0) is 9.59 Å². The second kappa shape index (κ2) is 7.14. The van der Waals surface area contributed by atoms with Gasteiger partial charge < -0.3 is 10.1 Å². The lowest BCUT2D eigenvalue weighted by molar-refractivity contribution is -0.138. The van der Waals surface area contributed by atoms with Gasteiger partial charge in [-0.25, -0.2) is 0 Å². The van der Waals surface area contributed by atoms with Crippen molar-refractivity contribution in [1.29, 1.82) is 0 Å². The smallest absolute Gasteiger partial charge is 0.267 e. The van der Waals surface area contributed by atoms with Crippen molar-refractivity contribution in [1.82, 2.24) is 15.5 Å². The average molecular weight is 343 g/mol. The van der Waals surface area contributed by atoms with Crippen molar-refractivity contribution >= 4 is 11.8 Å². The molecule has 0 spiro atoms. The van der Waals surface area contributed by atoms with E-state index in [4.69, 9.17) is 4.74 Å². The first-order valence-electron chi connectivity index (χ1n) is 9.24. The molecule has 0 radical (unpaired) electrons. The Bertz CT molecular complexity index is 634. The first-order chi connectivity index (χ1) is 12.2. The van der Waals surface area contributed by atoms with E-state index >= 15 is 0 Å². The van der Waals surface area contributed by atoms with E-state index in [0.29, 0.717) is 24.5 Å². The zero-order valence-electron chi connectivity index (χ0n) is 14.4. The number of nitrogens with zero attached hydrogens (tertiary/aromatic N) is 1. The van der Waals surface area contributed by atoms with Gasteiger partial charge in [0.15, 0.2) is 6.10 Å². The topological polar surface area (TPSA) is 70.7 Å². The fraction of sp³-hybridized carbons (Fsp3) is 0.579. The number of piperidine rings is 2. The second-order valence-corrected chi connectivity index (χ2v) is 7.25. The molecule has 25 heavy (non-hydrogen) atoms. The molecule has 0 saturated carbocycles. The molecule has 3 fully saturated rings. The number of likely N-dealkylation sites (tertiary alicyclic amines) is 1. The molecule has 3 saturated heterocycles. The SMILES string of the molecule is O=C1CCC(Oc2ccc(C3CCN(C4CNC4)CC3)cc2)C(=O)N1. The second-order valence-electron chi connectivity index (χ2n) is 7.25. The van der Waals surface area contributed by atoms with Gasteiger partial charge in [0.1, 0.15) is 5.75 Å². The summed E-state index contributed by atoms with van der Waals surface area (Å²) in [4.78, 5) is 25.6. The molecule has 3 aliphatic rings. The highest BCUT2D eigenvalue weighted by molar-refractivity contribution is 5.99. The lowest BCUT2D eigenvalue weighted by Crippen LogP contribution is -2.58. The number of carbonyl (C=O) groups excluding carboxylic acids is 2. The zero-order valence-corrected chi connectivity index (χ0v) is 14.4. The number of imide groups is 1. The van der Waals surface area contributed by atoms with Crippen LogP contribution in [0.4, 0.5) is 0 Å². The van der Waals surface area contributed by atoms with Crippen LogP contribution in [0.25, 0.3) is 0 Å². The number of hydrogen-bond donors (Lipinski definition) is 2. The summed E-state index contributed by atoms with van der Waals surface area (Å²) in [6.45, 7) is 4.62. The van der Waals surface area contributed by atoms with Crippen LogP contribution in [0.2, 0.25) is 0 Å². The summed E-state index contributed by atoms with van der Waals surface area (Å²) >= 11 is 0. The van der Waals surface area contributed by atoms with Gasteiger partial charge in [0.2, 0.25) is 5.91 Å². The van der Waals surface area contributed by atoms with E-state index in [1.165, 1.54) is 31.5 Å². The van der Waals surface area contributed by atoms with Gasteiger partial charge in [-0.2, -0.15) is 0 Å². The lowest BCUT2D eigenvalue weighted by Gasteiger charge is -2.42. The van der Waals surface area contributed by atoms with E-state index in [1.807, 2.05) is 12.1 Å². The molecule has 2 amide bonds. The van der Waals surface area contributed by atoms with Crippen LogP contribution in [0.3, 0.4) is 0 Å². The summed E-state index contributed by atoms with van der Waals surface area (Å²) in [5.41, 5.74) is 1.35. The quantitative estimate of drug-likeness (QED) is 0.799. The van der Waals surface area contributed by atoms with Gasteiger partial charge in [0, 0.05) is 32.0 Å². The molecule has 6 heteroatoms. The molecule has 3 aliphatic heterocycles. The van der Waals surface area contributed by atoms with E-state index in [-0.39, 0.29) is 11.8 Å². The third kappa shape index (κ3) is 3.70. The number of benzene rings is 1. The molecule has 0 aliphatic carbocycles. The number of rotatable bonds is 4. The van der Waals surface area contributed by atoms with Crippen molar-refractivity contribution in [3.63, 3.8) is 0 Å². The highest BCUT2D eigenvalue weighted by Crippen LogP contribution is 2.30. The molecule has 4 rings (SSSR count). The molecular formula is C19H25N3O3. The third-order valence-electron chi connectivity index (χ3n) is 5.62. The standard InChI is InChI=1S/C19H25N3O3/c23-18-6-5-17(19(24)21-18)25-16-3-1-13(2-4-16)14-7-9-22(10-8-14)15-11-20-12-15/h1-4,14-15,17,20H,5-12H2,(H,21,23,24). The number of hydrogen-bond acceptors (Lipinski definition) is 5. The van der Waals surface area contributed by atoms with Gasteiger partial charge in [-0.3, -0.25) is 19.8 Å². The number of amides is 2. The first kappa shape index (κ1) is 16.5. The van der Waals surface area contributed by atoms with E-state index < -0.39 is 6.10 Å². The maximum atomic E-state index is 11.8. The van der Waals surface area contributed by atoms with E-state index in [2.05, 4.69) is 27.7 Å². The predicted molar refractivity (Wildman–Crippen MR) is 93.4 cm³/mol. The normalized spacial score (nSPS) is 26.2. The number of nitrogens with one attached hydrogen (secondary N) is 2. The summed E-state index contributed by atoms with van der Waals surface area (Å²) in [7, 11) is 0. The Kier molecular flexibility index (Phi) is 4.72. The van der Waals surface area contributed by atoms with Crippen molar-refractivity contribution in [3.05, 3.63) is 29.8 Å². The van der Waals surface area contributed by atoms with Gasteiger partial charge in [-0.05, 0) is 49.5 Å². The maximum Gasteiger partial charge on any atom is 0.267 e. The highest BCUT2D eigenvalue weighted by Gasteiger charge is 2.30. The third-order valence-corrected chi connectivity index (χ3v) is 5.62. The summed E-state index contributed by atoms with van der Waals surface area (Å²) in [5.74, 6) is 0.743. The van der Waals surface area contributed by atoms with Crippen LogP contribution >= 0.6 is 0 Å². The first-order valence-corrected chi connectivity index (χ1v) is 9.24. The lowest BCUT2D eigenvalue weighted by atomic mass is 9.88. The van der Waals surface area contributed by atoms with Gasteiger partial charge >= 0.3 is 0 Å².